The smallest absolute Gasteiger partial charge is 0.358 e. The molecule has 0 atom stereocenters. The Morgan fingerprint density at radius 2 is 2.06 bits per heavy atom. The number of esters is 1. The summed E-state index contributed by atoms with van der Waals surface area (Å²) in [7, 11) is 1.28. The number of hydrogen-bond acceptors (Lipinski definition) is 3. The molecule has 0 aromatic carbocycles. The molecule has 1 aliphatic rings. The van der Waals surface area contributed by atoms with Crippen molar-refractivity contribution in [1.29, 1.82) is 0 Å². The molecule has 0 amide bonds. The van der Waals surface area contributed by atoms with Crippen LogP contribution in [0.15, 0.2) is 0 Å². The summed E-state index contributed by atoms with van der Waals surface area (Å²) >= 11 is 0. The van der Waals surface area contributed by atoms with Crippen LogP contribution in [0, 0.1) is 6.92 Å². The zero-order chi connectivity index (χ0) is 12.3. The molecule has 16 heavy (non-hydrogen) atoms. The normalized spacial score (nSPS) is 16.1. The van der Waals surface area contributed by atoms with Crippen LogP contribution in [0.1, 0.15) is 48.4 Å². The van der Waals surface area contributed by atoms with Crippen molar-refractivity contribution in [3.63, 3.8) is 0 Å². The van der Waals surface area contributed by atoms with E-state index in [2.05, 4.69) is 14.9 Å². The van der Waals surface area contributed by atoms with Crippen molar-refractivity contribution in [1.82, 2.24) is 10.2 Å². The van der Waals surface area contributed by atoms with Crippen LogP contribution < -0.4 is 0 Å². The van der Waals surface area contributed by atoms with Gasteiger partial charge in [0.25, 0.3) is 0 Å². The number of aromatic nitrogens is 2. The number of nitrogens with one attached hydrogen (secondary N) is 1. The van der Waals surface area contributed by atoms with Gasteiger partial charge in [-0.1, -0.05) is 13.8 Å². The number of nitrogens with zero attached hydrogens (tertiary/aromatic N) is 1. The molecule has 1 saturated carbocycles. The van der Waals surface area contributed by atoms with Gasteiger partial charge in [0, 0.05) is 5.56 Å². The number of hydrogen-bond donors (Lipinski definition) is 1. The molecule has 2 rings (SSSR count). The van der Waals surface area contributed by atoms with Gasteiger partial charge in [0.1, 0.15) is 0 Å². The van der Waals surface area contributed by atoms with Crippen molar-refractivity contribution in [3.05, 3.63) is 17.0 Å². The number of halogens is 1. The predicted molar refractivity (Wildman–Crippen MR) is 58.0 cm³/mol. The number of H-pyrrole nitrogens is 1. The van der Waals surface area contributed by atoms with Crippen LogP contribution in [0.3, 0.4) is 0 Å². The first-order valence-corrected chi connectivity index (χ1v) is 5.41. The summed E-state index contributed by atoms with van der Waals surface area (Å²) < 4.78 is 18.2. The van der Waals surface area contributed by atoms with E-state index in [0.29, 0.717) is 24.1 Å². The number of alkyl halides is 1. The van der Waals surface area contributed by atoms with E-state index in [-0.39, 0.29) is 5.69 Å². The third-order valence-electron chi connectivity index (χ3n) is 2.53. The zero-order valence-corrected chi connectivity index (χ0v) is 10.1. The summed E-state index contributed by atoms with van der Waals surface area (Å²) in [5, 5.41) is 6.32. The number of carbonyl (C=O) groups excluding carboxylic acids is 1. The highest BCUT2D eigenvalue weighted by Gasteiger charge is 2.48. The van der Waals surface area contributed by atoms with Crippen LogP contribution in [0.5, 0.6) is 0 Å². The molecule has 1 aromatic rings. The monoisotopic (exact) mass is 228 g/mol. The van der Waals surface area contributed by atoms with E-state index in [1.165, 1.54) is 7.11 Å². The lowest BCUT2D eigenvalue weighted by Gasteiger charge is -2.02. The van der Waals surface area contributed by atoms with Crippen LogP contribution in [0.25, 0.3) is 0 Å². The zero-order valence-electron chi connectivity index (χ0n) is 10.1. The molecule has 1 fully saturated rings. The minimum atomic E-state index is -1.29. The van der Waals surface area contributed by atoms with Gasteiger partial charge in [-0.25, -0.2) is 9.18 Å². The second-order valence-corrected chi connectivity index (χ2v) is 3.53. The Labute approximate surface area is 94.2 Å². The second kappa shape index (κ2) is 4.63. The quantitative estimate of drug-likeness (QED) is 0.791. The average molecular weight is 228 g/mol. The Balaban J connectivity index is 0.000000606. The third-order valence-corrected chi connectivity index (χ3v) is 2.53. The van der Waals surface area contributed by atoms with E-state index in [4.69, 9.17) is 0 Å². The van der Waals surface area contributed by atoms with E-state index in [1.54, 1.807) is 6.92 Å². The van der Waals surface area contributed by atoms with Crippen LogP contribution in [0.4, 0.5) is 4.39 Å². The Kier molecular flexibility index (Phi) is 3.67. The minimum absolute atomic E-state index is 0.173. The number of ether oxygens (including phenoxy) is 1. The largest absolute Gasteiger partial charge is 0.464 e. The molecule has 4 nitrogen and oxygen atoms in total. The van der Waals surface area contributed by atoms with Gasteiger partial charge in [-0.15, -0.1) is 0 Å². The summed E-state index contributed by atoms with van der Waals surface area (Å²) in [6.07, 6.45) is 0.993. The number of aromatic amines is 1. The second-order valence-electron chi connectivity index (χ2n) is 3.53. The summed E-state index contributed by atoms with van der Waals surface area (Å²) in [5.41, 5.74) is -0.148. The van der Waals surface area contributed by atoms with E-state index >= 15 is 0 Å². The minimum Gasteiger partial charge on any atom is -0.464 e. The molecule has 0 spiro atoms. The summed E-state index contributed by atoms with van der Waals surface area (Å²) in [6.45, 7) is 5.67. The maximum atomic E-state index is 13.7. The first kappa shape index (κ1) is 12.7. The molecular formula is C11H17FN2O2. The SMILES string of the molecule is CC.COC(=O)c1n[nH]c(C2(F)CC2)c1C. The Bertz CT molecular complexity index is 383. The van der Waals surface area contributed by atoms with E-state index in [0.717, 1.165) is 0 Å². The molecule has 5 heteroatoms. The molecular weight excluding hydrogens is 211 g/mol. The fraction of sp³-hybridized carbons (Fsp3) is 0.636. The molecule has 0 radical (unpaired) electrons. The molecule has 1 heterocycles. The fourth-order valence-electron chi connectivity index (χ4n) is 1.49. The van der Waals surface area contributed by atoms with Crippen LogP contribution in [-0.2, 0) is 10.4 Å². The van der Waals surface area contributed by atoms with Crippen LogP contribution in [0.2, 0.25) is 0 Å². The lowest BCUT2D eigenvalue weighted by atomic mass is 10.1. The maximum absolute atomic E-state index is 13.7. The standard InChI is InChI=1S/C9H11FN2O2.C2H6/c1-5-6(8(13)14-2)11-12-7(5)9(10)3-4-9;1-2/h3-4H2,1-2H3,(H,11,12);1-2H3. The molecule has 90 valence electrons. The number of carbonyl (C=O) groups is 1. The average Bonchev–Trinajstić information content (AvgIpc) is 2.92. The molecule has 0 unspecified atom stereocenters. The number of rotatable bonds is 2. The Morgan fingerprint density at radius 3 is 2.50 bits per heavy atom. The van der Waals surface area contributed by atoms with E-state index < -0.39 is 11.6 Å². The van der Waals surface area contributed by atoms with Crippen molar-refractivity contribution in [2.75, 3.05) is 7.11 Å². The topological polar surface area (TPSA) is 55.0 Å². The highest BCUT2D eigenvalue weighted by Crippen LogP contribution is 2.50. The Hall–Kier alpha value is -1.39. The van der Waals surface area contributed by atoms with Gasteiger partial charge in [-0.2, -0.15) is 5.10 Å². The highest BCUT2D eigenvalue weighted by atomic mass is 19.1. The van der Waals surface area contributed by atoms with Crippen molar-refractivity contribution < 1.29 is 13.9 Å². The fourth-order valence-corrected chi connectivity index (χ4v) is 1.49. The number of methoxy groups -OCH3 is 1. The van der Waals surface area contributed by atoms with Crippen LogP contribution >= 0.6 is 0 Å². The van der Waals surface area contributed by atoms with Gasteiger partial charge < -0.3 is 4.74 Å². The summed E-state index contributed by atoms with van der Waals surface area (Å²) in [5.74, 6) is -0.533. The van der Waals surface area contributed by atoms with Gasteiger partial charge in [0.05, 0.1) is 12.8 Å². The van der Waals surface area contributed by atoms with Gasteiger partial charge in [0.15, 0.2) is 11.4 Å². The van der Waals surface area contributed by atoms with Gasteiger partial charge in [-0.05, 0) is 19.8 Å². The third kappa shape index (κ3) is 2.08. The van der Waals surface area contributed by atoms with Crippen molar-refractivity contribution >= 4 is 5.97 Å². The summed E-state index contributed by atoms with van der Waals surface area (Å²) in [4.78, 5) is 11.2. The van der Waals surface area contributed by atoms with Gasteiger partial charge in [0.2, 0.25) is 0 Å². The lowest BCUT2D eigenvalue weighted by molar-refractivity contribution is 0.0593. The Morgan fingerprint density at radius 1 is 1.50 bits per heavy atom. The predicted octanol–water partition coefficient (Wildman–Crippen LogP) is 2.49. The van der Waals surface area contributed by atoms with Gasteiger partial charge >= 0.3 is 5.97 Å². The van der Waals surface area contributed by atoms with Gasteiger partial charge in [-0.3, -0.25) is 5.10 Å². The van der Waals surface area contributed by atoms with E-state index in [9.17, 15) is 9.18 Å². The van der Waals surface area contributed by atoms with Crippen molar-refractivity contribution in [3.8, 4) is 0 Å². The molecule has 1 N–H and O–H groups in total. The first-order chi connectivity index (χ1) is 7.58. The van der Waals surface area contributed by atoms with E-state index in [1.807, 2.05) is 13.8 Å². The maximum Gasteiger partial charge on any atom is 0.358 e. The molecule has 1 aliphatic carbocycles. The first-order valence-electron chi connectivity index (χ1n) is 5.41. The van der Waals surface area contributed by atoms with Crippen molar-refractivity contribution in [2.24, 2.45) is 0 Å². The molecule has 0 saturated heterocycles. The van der Waals surface area contributed by atoms with Crippen molar-refractivity contribution in [2.45, 2.75) is 39.3 Å². The molecule has 0 bridgehead atoms. The highest BCUT2D eigenvalue weighted by molar-refractivity contribution is 5.89. The molecule has 0 aliphatic heterocycles. The summed E-state index contributed by atoms with van der Waals surface area (Å²) in [6, 6.07) is 0. The molecule has 1 aromatic heterocycles. The van der Waals surface area contributed by atoms with Crippen LogP contribution in [-0.4, -0.2) is 23.3 Å². The lowest BCUT2D eigenvalue weighted by Crippen LogP contribution is -2.05.